The van der Waals surface area contributed by atoms with Crippen molar-refractivity contribution < 1.29 is 27.3 Å². The molecule has 0 aliphatic rings. The monoisotopic (exact) mass is 354 g/mol. The van der Waals surface area contributed by atoms with E-state index in [1.165, 1.54) is 18.2 Å². The molecular weight excluding hydrogens is 344 g/mol. The van der Waals surface area contributed by atoms with E-state index in [0.717, 1.165) is 36.4 Å². The van der Waals surface area contributed by atoms with Crippen LogP contribution in [0.25, 0.3) is 6.08 Å². The van der Waals surface area contributed by atoms with Crippen LogP contribution in [0.5, 0.6) is 0 Å². The van der Waals surface area contributed by atoms with Gasteiger partial charge in [0.1, 0.15) is 0 Å². The predicted molar refractivity (Wildman–Crippen MR) is 82.2 cm³/mol. The maximum absolute atomic E-state index is 13.2. The molecule has 9 heteroatoms. The van der Waals surface area contributed by atoms with Crippen LogP contribution in [0.15, 0.2) is 48.5 Å². The molecule has 0 heterocycles. The molecule has 0 saturated carbocycles. The number of hydrogen-bond acceptors (Lipinski definition) is 3. The normalized spacial score (nSPS) is 11.5. The summed E-state index contributed by atoms with van der Waals surface area (Å²) in [5.41, 5.74) is -1.24. The Kier molecular flexibility index (Phi) is 5.16. The first-order valence-corrected chi connectivity index (χ1v) is 6.77. The summed E-state index contributed by atoms with van der Waals surface area (Å²) in [6, 6.07) is 6.98. The van der Waals surface area contributed by atoms with E-state index in [1.807, 2.05) is 0 Å². The van der Waals surface area contributed by atoms with E-state index in [0.29, 0.717) is 5.56 Å². The number of nitro benzene ring substituents is 1. The molecule has 2 aromatic rings. The molecule has 0 radical (unpaired) electrons. The Bertz CT molecular complexity index is 830. The fraction of sp³-hybridized carbons (Fsp3) is 0.0625. The zero-order chi connectivity index (χ0) is 18.6. The highest BCUT2D eigenvalue weighted by Crippen LogP contribution is 2.29. The second kappa shape index (κ2) is 7.12. The van der Waals surface area contributed by atoms with Crippen LogP contribution in [0.4, 0.5) is 28.9 Å². The zero-order valence-corrected chi connectivity index (χ0v) is 12.4. The third-order valence-corrected chi connectivity index (χ3v) is 3.08. The lowest BCUT2D eigenvalue weighted by atomic mass is 10.1. The summed E-state index contributed by atoms with van der Waals surface area (Å²) < 4.78 is 50.5. The van der Waals surface area contributed by atoms with Crippen LogP contribution in [-0.2, 0) is 11.0 Å². The van der Waals surface area contributed by atoms with Crippen LogP contribution in [0.3, 0.4) is 0 Å². The molecule has 0 aliphatic carbocycles. The average Bonchev–Trinajstić information content (AvgIpc) is 2.54. The molecule has 0 fully saturated rings. The highest BCUT2D eigenvalue weighted by Gasteiger charge is 2.29. The second-order valence-corrected chi connectivity index (χ2v) is 4.87. The molecule has 130 valence electrons. The summed E-state index contributed by atoms with van der Waals surface area (Å²) in [7, 11) is 0. The van der Waals surface area contributed by atoms with E-state index in [2.05, 4.69) is 5.32 Å². The molecule has 25 heavy (non-hydrogen) atoms. The van der Waals surface area contributed by atoms with E-state index in [9.17, 15) is 32.5 Å². The smallest absolute Gasteiger partial charge is 0.322 e. The van der Waals surface area contributed by atoms with Gasteiger partial charge in [0.2, 0.25) is 11.7 Å². The Hall–Kier alpha value is -3.23. The summed E-state index contributed by atoms with van der Waals surface area (Å²) in [6.07, 6.45) is -2.14. The van der Waals surface area contributed by atoms with Crippen molar-refractivity contribution in [2.45, 2.75) is 6.18 Å². The van der Waals surface area contributed by atoms with Crippen molar-refractivity contribution in [3.8, 4) is 0 Å². The van der Waals surface area contributed by atoms with E-state index in [4.69, 9.17) is 0 Å². The van der Waals surface area contributed by atoms with Gasteiger partial charge in [0.15, 0.2) is 0 Å². The minimum atomic E-state index is -4.45. The number of amides is 1. The molecule has 2 aromatic carbocycles. The molecule has 0 spiro atoms. The Labute approximate surface area is 138 Å². The summed E-state index contributed by atoms with van der Waals surface area (Å²) in [5.74, 6) is -1.72. The van der Waals surface area contributed by atoms with E-state index >= 15 is 0 Å². The highest BCUT2D eigenvalue weighted by molar-refractivity contribution is 6.02. The van der Waals surface area contributed by atoms with Crippen molar-refractivity contribution in [2.75, 3.05) is 5.32 Å². The molecule has 1 N–H and O–H groups in total. The van der Waals surface area contributed by atoms with Crippen molar-refractivity contribution in [3.63, 3.8) is 0 Å². The number of nitro groups is 1. The summed E-state index contributed by atoms with van der Waals surface area (Å²) in [5, 5.41) is 12.9. The van der Waals surface area contributed by atoms with Gasteiger partial charge in [-0.15, -0.1) is 0 Å². The van der Waals surface area contributed by atoms with Gasteiger partial charge in [0, 0.05) is 17.8 Å². The Balaban J connectivity index is 2.06. The van der Waals surface area contributed by atoms with Gasteiger partial charge in [-0.25, -0.2) is 0 Å². The number of anilines is 1. The molecule has 0 bridgehead atoms. The van der Waals surface area contributed by atoms with Crippen LogP contribution < -0.4 is 5.32 Å². The number of nitrogens with one attached hydrogen (secondary N) is 1. The number of rotatable bonds is 4. The van der Waals surface area contributed by atoms with Crippen LogP contribution in [-0.4, -0.2) is 10.8 Å². The Morgan fingerprint density at radius 3 is 2.32 bits per heavy atom. The van der Waals surface area contributed by atoms with E-state index in [1.54, 1.807) is 0 Å². The number of hydrogen-bond donors (Lipinski definition) is 1. The zero-order valence-electron chi connectivity index (χ0n) is 12.4. The number of carbonyl (C=O) groups excluding carboxylic acids is 1. The maximum Gasteiger partial charge on any atom is 0.416 e. The molecule has 1 amide bonds. The van der Waals surface area contributed by atoms with Gasteiger partial charge < -0.3 is 5.32 Å². The van der Waals surface area contributed by atoms with Gasteiger partial charge in [-0.2, -0.15) is 17.6 Å². The van der Waals surface area contributed by atoms with Crippen LogP contribution in [0.2, 0.25) is 0 Å². The molecule has 5 nitrogen and oxygen atoms in total. The predicted octanol–water partition coefficient (Wildman–Crippen LogP) is 4.40. The van der Waals surface area contributed by atoms with Crippen molar-refractivity contribution in [1.82, 2.24) is 0 Å². The van der Waals surface area contributed by atoms with Gasteiger partial charge in [0.05, 0.1) is 10.5 Å². The molecule has 0 unspecified atom stereocenters. The van der Waals surface area contributed by atoms with E-state index < -0.39 is 34.1 Å². The fourth-order valence-corrected chi connectivity index (χ4v) is 1.87. The molecule has 0 atom stereocenters. The molecular formula is C16H10F4N2O3. The number of alkyl halides is 3. The SMILES string of the molecule is O=C(/C=C/c1ccc(C(F)(F)F)cc1)Nc1ccc(F)c([N+](=O)[O-])c1. The van der Waals surface area contributed by atoms with Gasteiger partial charge >= 0.3 is 11.9 Å². The summed E-state index contributed by atoms with van der Waals surface area (Å²) >= 11 is 0. The number of benzene rings is 2. The molecule has 0 aliphatic heterocycles. The van der Waals surface area contributed by atoms with Crippen LogP contribution in [0.1, 0.15) is 11.1 Å². The van der Waals surface area contributed by atoms with Gasteiger partial charge in [-0.1, -0.05) is 12.1 Å². The first-order chi connectivity index (χ1) is 11.7. The number of nitrogens with zero attached hydrogens (tertiary/aromatic N) is 1. The van der Waals surface area contributed by atoms with E-state index in [-0.39, 0.29) is 5.69 Å². The first kappa shape index (κ1) is 18.1. The number of halogens is 4. The minimum absolute atomic E-state index is 0.00942. The van der Waals surface area contributed by atoms with Crippen molar-refractivity contribution in [2.24, 2.45) is 0 Å². The summed E-state index contributed by atoms with van der Waals surface area (Å²) in [6.45, 7) is 0. The standard InChI is InChI=1S/C16H10F4N2O3/c17-13-7-6-12(9-14(13)22(24)25)21-15(23)8-3-10-1-4-11(5-2-10)16(18,19)20/h1-9H,(H,21,23)/b8-3+. The lowest BCUT2D eigenvalue weighted by Crippen LogP contribution is -2.08. The molecule has 0 saturated heterocycles. The minimum Gasteiger partial charge on any atom is -0.322 e. The van der Waals surface area contributed by atoms with Gasteiger partial charge in [-0.05, 0) is 35.9 Å². The van der Waals surface area contributed by atoms with Crippen molar-refractivity contribution in [1.29, 1.82) is 0 Å². The van der Waals surface area contributed by atoms with Crippen molar-refractivity contribution >= 4 is 23.4 Å². The number of carbonyl (C=O) groups is 1. The average molecular weight is 354 g/mol. The van der Waals surface area contributed by atoms with Crippen molar-refractivity contribution in [3.05, 3.63) is 75.6 Å². The Morgan fingerprint density at radius 2 is 1.76 bits per heavy atom. The lowest BCUT2D eigenvalue weighted by Gasteiger charge is -2.06. The third-order valence-electron chi connectivity index (χ3n) is 3.08. The quantitative estimate of drug-likeness (QED) is 0.383. The molecule has 2 rings (SSSR count). The Morgan fingerprint density at radius 1 is 1.12 bits per heavy atom. The topological polar surface area (TPSA) is 72.2 Å². The maximum atomic E-state index is 13.2. The van der Waals surface area contributed by atoms with Gasteiger partial charge in [0.25, 0.3) is 0 Å². The lowest BCUT2D eigenvalue weighted by molar-refractivity contribution is -0.387. The van der Waals surface area contributed by atoms with Crippen LogP contribution >= 0.6 is 0 Å². The second-order valence-electron chi connectivity index (χ2n) is 4.87. The fourth-order valence-electron chi connectivity index (χ4n) is 1.87. The first-order valence-electron chi connectivity index (χ1n) is 6.77. The van der Waals surface area contributed by atoms with Gasteiger partial charge in [-0.3, -0.25) is 14.9 Å². The van der Waals surface area contributed by atoms with Crippen LogP contribution in [0, 0.1) is 15.9 Å². The summed E-state index contributed by atoms with van der Waals surface area (Å²) in [4.78, 5) is 21.4. The highest BCUT2D eigenvalue weighted by atomic mass is 19.4. The largest absolute Gasteiger partial charge is 0.416 e. The third kappa shape index (κ3) is 4.87. The molecule has 0 aromatic heterocycles.